The Kier molecular flexibility index (Phi) is 6.73. The molecule has 10 nitrogen and oxygen atoms in total. The normalized spacial score (nSPS) is 16.7. The molecule has 0 saturated carbocycles. The second kappa shape index (κ2) is 9.29. The monoisotopic (exact) mass is 461 g/mol. The minimum Gasteiger partial charge on any atom is -0.354 e. The molecule has 1 aromatic heterocycles. The summed E-state index contributed by atoms with van der Waals surface area (Å²) in [5.74, 6) is -2.03. The number of imide groups is 4. The number of anilines is 2. The zero-order valence-electron chi connectivity index (χ0n) is 16.9. The number of rotatable bonds is 5. The molecule has 0 radical (unpaired) electrons. The Bertz CT molecular complexity index is 1100. The number of carbonyl (C=O) groups is 4. The van der Waals surface area contributed by atoms with E-state index in [0.717, 1.165) is 0 Å². The van der Waals surface area contributed by atoms with Crippen LogP contribution in [-0.2, 0) is 20.6 Å². The molecule has 2 heterocycles. The lowest BCUT2D eigenvalue weighted by Gasteiger charge is -2.32. The maximum atomic E-state index is 13.1. The fourth-order valence-electron chi connectivity index (χ4n) is 2.66. The molecule has 1 N–H and O–H groups in total. The SMILES string of the molecule is CCNS(=O)C(=O)N1C(=O)C(=Cc2cnc(N(C)C)s2)C(=O)N(c2ccccc2)C1=O. The van der Waals surface area contributed by atoms with Gasteiger partial charge in [0.15, 0.2) is 16.1 Å². The molecule has 0 aliphatic carbocycles. The minimum absolute atomic E-state index is 0.168. The Hall–Kier alpha value is -3.22. The Morgan fingerprint density at radius 1 is 1.19 bits per heavy atom. The van der Waals surface area contributed by atoms with Gasteiger partial charge in [0, 0.05) is 26.8 Å². The van der Waals surface area contributed by atoms with Crippen molar-refractivity contribution in [1.82, 2.24) is 14.6 Å². The van der Waals surface area contributed by atoms with Gasteiger partial charge in [-0.3, -0.25) is 14.4 Å². The highest BCUT2D eigenvalue weighted by Crippen LogP contribution is 2.29. The second-order valence-corrected chi connectivity index (χ2v) is 8.65. The van der Waals surface area contributed by atoms with Crippen LogP contribution in [0.2, 0.25) is 0 Å². The average Bonchev–Trinajstić information content (AvgIpc) is 3.21. The summed E-state index contributed by atoms with van der Waals surface area (Å²) in [6, 6.07) is 6.69. The Morgan fingerprint density at radius 2 is 1.87 bits per heavy atom. The fourth-order valence-corrected chi connectivity index (χ4v) is 4.16. The largest absolute Gasteiger partial charge is 0.354 e. The number of amides is 5. The van der Waals surface area contributed by atoms with E-state index in [1.165, 1.54) is 35.7 Å². The molecule has 1 saturated heterocycles. The van der Waals surface area contributed by atoms with Crippen molar-refractivity contribution in [3.05, 3.63) is 47.0 Å². The topological polar surface area (TPSA) is 120 Å². The molecule has 0 bridgehead atoms. The van der Waals surface area contributed by atoms with Gasteiger partial charge in [-0.1, -0.05) is 36.5 Å². The van der Waals surface area contributed by atoms with Gasteiger partial charge >= 0.3 is 11.3 Å². The molecule has 162 valence electrons. The number of thiazole rings is 1. The number of nitrogens with zero attached hydrogens (tertiary/aromatic N) is 4. The average molecular weight is 462 g/mol. The van der Waals surface area contributed by atoms with Crippen molar-refractivity contribution in [3.8, 4) is 0 Å². The highest BCUT2D eigenvalue weighted by Gasteiger charge is 2.47. The third kappa shape index (κ3) is 4.45. The molecule has 1 fully saturated rings. The van der Waals surface area contributed by atoms with Crippen molar-refractivity contribution < 1.29 is 23.4 Å². The molecular weight excluding hydrogens is 442 g/mol. The van der Waals surface area contributed by atoms with Crippen molar-refractivity contribution in [2.24, 2.45) is 0 Å². The molecular formula is C19H19N5O5S2. The third-order valence-electron chi connectivity index (χ3n) is 4.06. The van der Waals surface area contributed by atoms with E-state index in [0.29, 0.717) is 14.9 Å². The van der Waals surface area contributed by atoms with Crippen LogP contribution in [-0.4, -0.2) is 57.8 Å². The summed E-state index contributed by atoms with van der Waals surface area (Å²) in [6.45, 7) is 1.79. The number of urea groups is 1. The lowest BCUT2D eigenvalue weighted by molar-refractivity contribution is -0.126. The summed E-state index contributed by atoms with van der Waals surface area (Å²) >= 11 is 1.22. The summed E-state index contributed by atoms with van der Waals surface area (Å²) < 4.78 is 14.5. The molecule has 5 amide bonds. The van der Waals surface area contributed by atoms with E-state index in [9.17, 15) is 23.4 Å². The molecule has 1 unspecified atom stereocenters. The first-order chi connectivity index (χ1) is 14.8. The number of para-hydroxylation sites is 1. The van der Waals surface area contributed by atoms with Gasteiger partial charge in [0.2, 0.25) is 0 Å². The molecule has 12 heteroatoms. The van der Waals surface area contributed by atoms with Gasteiger partial charge in [0.25, 0.3) is 11.8 Å². The minimum atomic E-state index is -2.34. The Morgan fingerprint density at radius 3 is 2.45 bits per heavy atom. The quantitative estimate of drug-likeness (QED) is 0.534. The van der Waals surface area contributed by atoms with Gasteiger partial charge < -0.3 is 4.90 Å². The first-order valence-electron chi connectivity index (χ1n) is 9.08. The van der Waals surface area contributed by atoms with Crippen LogP contribution < -0.4 is 14.5 Å². The highest BCUT2D eigenvalue weighted by atomic mass is 32.2. The summed E-state index contributed by atoms with van der Waals surface area (Å²) in [6.07, 6.45) is 2.74. The molecule has 3 rings (SSSR count). The highest BCUT2D eigenvalue weighted by molar-refractivity contribution is 7.98. The number of benzene rings is 1. The van der Waals surface area contributed by atoms with Gasteiger partial charge in [0.05, 0.1) is 10.6 Å². The van der Waals surface area contributed by atoms with Crippen molar-refractivity contribution in [2.45, 2.75) is 6.92 Å². The van der Waals surface area contributed by atoms with Gasteiger partial charge in [0.1, 0.15) is 5.57 Å². The van der Waals surface area contributed by atoms with Crippen LogP contribution >= 0.6 is 11.3 Å². The zero-order chi connectivity index (χ0) is 22.7. The molecule has 1 atom stereocenters. The summed E-state index contributed by atoms with van der Waals surface area (Å²) in [5, 5.41) is -0.616. The number of hydrogen-bond donors (Lipinski definition) is 1. The maximum absolute atomic E-state index is 13.1. The van der Waals surface area contributed by atoms with E-state index < -0.39 is 39.6 Å². The summed E-state index contributed by atoms with van der Waals surface area (Å²) in [7, 11) is 1.25. The predicted octanol–water partition coefficient (Wildman–Crippen LogP) is 1.98. The maximum Gasteiger partial charge on any atom is 0.346 e. The number of nitrogens with one attached hydrogen (secondary N) is 1. The van der Waals surface area contributed by atoms with Crippen LogP contribution in [0.15, 0.2) is 42.1 Å². The molecule has 1 aliphatic heterocycles. The van der Waals surface area contributed by atoms with Crippen LogP contribution in [0.4, 0.5) is 20.4 Å². The van der Waals surface area contributed by atoms with Crippen LogP contribution in [0.1, 0.15) is 11.8 Å². The molecule has 1 aliphatic rings. The number of carbonyl (C=O) groups excluding carboxylic acids is 4. The van der Waals surface area contributed by atoms with E-state index >= 15 is 0 Å². The van der Waals surface area contributed by atoms with Crippen LogP contribution in [0.25, 0.3) is 6.08 Å². The van der Waals surface area contributed by atoms with Gasteiger partial charge in [-0.15, -0.1) is 0 Å². The number of aromatic nitrogens is 1. The second-order valence-electron chi connectivity index (χ2n) is 6.43. The van der Waals surface area contributed by atoms with Crippen molar-refractivity contribution in [3.63, 3.8) is 0 Å². The smallest absolute Gasteiger partial charge is 0.346 e. The van der Waals surface area contributed by atoms with E-state index in [4.69, 9.17) is 0 Å². The fraction of sp³-hybridized carbons (Fsp3) is 0.211. The number of barbiturate groups is 1. The van der Waals surface area contributed by atoms with Crippen LogP contribution in [0, 0.1) is 0 Å². The number of hydrogen-bond acceptors (Lipinski definition) is 8. The van der Waals surface area contributed by atoms with E-state index in [1.54, 1.807) is 44.1 Å². The molecule has 1 aromatic carbocycles. The van der Waals surface area contributed by atoms with E-state index in [2.05, 4.69) is 9.71 Å². The molecule has 31 heavy (non-hydrogen) atoms. The molecule has 2 aromatic rings. The first kappa shape index (κ1) is 22.5. The third-order valence-corrected chi connectivity index (χ3v) is 6.22. The zero-order valence-corrected chi connectivity index (χ0v) is 18.5. The Labute approximate surface area is 184 Å². The van der Waals surface area contributed by atoms with E-state index in [-0.39, 0.29) is 17.1 Å². The standard InChI is InChI=1S/C19H19N5O5S2/c1-4-21-31(29)19(28)24-16(26)14(10-13-11-20-17(30-13)22(2)3)15(25)23(18(24)27)12-8-6-5-7-9-12/h5-11,21H,4H2,1-3H3. The summed E-state index contributed by atoms with van der Waals surface area (Å²) in [5.41, 5.74) is -0.250. The van der Waals surface area contributed by atoms with Gasteiger partial charge in [-0.2, -0.15) is 4.90 Å². The predicted molar refractivity (Wildman–Crippen MR) is 118 cm³/mol. The summed E-state index contributed by atoms with van der Waals surface area (Å²) in [4.78, 5) is 59.1. The lowest BCUT2D eigenvalue weighted by atomic mass is 10.1. The lowest BCUT2D eigenvalue weighted by Crippen LogP contribution is -2.59. The van der Waals surface area contributed by atoms with Crippen LogP contribution in [0.5, 0.6) is 0 Å². The van der Waals surface area contributed by atoms with Crippen molar-refractivity contribution in [1.29, 1.82) is 0 Å². The van der Waals surface area contributed by atoms with Gasteiger partial charge in [-0.25, -0.2) is 23.6 Å². The van der Waals surface area contributed by atoms with Crippen molar-refractivity contribution >= 4 is 62.3 Å². The van der Waals surface area contributed by atoms with E-state index in [1.807, 2.05) is 0 Å². The molecule has 0 spiro atoms. The van der Waals surface area contributed by atoms with Gasteiger partial charge in [-0.05, 0) is 18.2 Å². The first-order valence-corrected chi connectivity index (χ1v) is 11.0. The van der Waals surface area contributed by atoms with Crippen molar-refractivity contribution in [2.75, 3.05) is 30.4 Å². The Balaban J connectivity index is 2.10. The van der Waals surface area contributed by atoms with Crippen LogP contribution in [0.3, 0.4) is 0 Å².